The van der Waals surface area contributed by atoms with Crippen LogP contribution in [-0.4, -0.2) is 29.5 Å². The van der Waals surface area contributed by atoms with E-state index in [0.717, 1.165) is 18.4 Å². The maximum absolute atomic E-state index is 11.6. The summed E-state index contributed by atoms with van der Waals surface area (Å²) in [5.41, 5.74) is 1.11. The standard InChI is InChI=1S/C14H20ClNO2/c15-9-5-4-8-14(18)16-13(11-17)10-12-6-2-1-3-7-12/h1-3,6-7,13,17H,4-5,8-11H2,(H,16,18)/t13-/m1/s1. The maximum Gasteiger partial charge on any atom is 0.220 e. The van der Waals surface area contributed by atoms with E-state index in [1.54, 1.807) is 0 Å². The summed E-state index contributed by atoms with van der Waals surface area (Å²) in [7, 11) is 0. The summed E-state index contributed by atoms with van der Waals surface area (Å²) in [5.74, 6) is 0.566. The molecule has 0 unspecified atom stereocenters. The molecule has 1 aromatic carbocycles. The van der Waals surface area contributed by atoms with E-state index in [1.165, 1.54) is 0 Å². The van der Waals surface area contributed by atoms with E-state index in [9.17, 15) is 9.90 Å². The number of nitrogens with one attached hydrogen (secondary N) is 1. The van der Waals surface area contributed by atoms with E-state index < -0.39 is 0 Å². The number of unbranched alkanes of at least 4 members (excludes halogenated alkanes) is 1. The Morgan fingerprint density at radius 3 is 2.61 bits per heavy atom. The van der Waals surface area contributed by atoms with Crippen molar-refractivity contribution < 1.29 is 9.90 Å². The molecule has 18 heavy (non-hydrogen) atoms. The molecule has 100 valence electrons. The number of hydrogen-bond donors (Lipinski definition) is 2. The predicted molar refractivity (Wildman–Crippen MR) is 73.7 cm³/mol. The fourth-order valence-corrected chi connectivity index (χ4v) is 1.93. The molecule has 0 aliphatic carbocycles. The van der Waals surface area contributed by atoms with Crippen molar-refractivity contribution >= 4 is 17.5 Å². The van der Waals surface area contributed by atoms with Crippen LogP contribution in [-0.2, 0) is 11.2 Å². The number of aliphatic hydroxyl groups excluding tert-OH is 1. The Bertz CT molecular complexity index is 343. The lowest BCUT2D eigenvalue weighted by Gasteiger charge is -2.16. The summed E-state index contributed by atoms with van der Waals surface area (Å²) < 4.78 is 0. The molecule has 3 nitrogen and oxygen atoms in total. The second-order valence-corrected chi connectivity index (χ2v) is 4.66. The molecule has 0 bridgehead atoms. The van der Waals surface area contributed by atoms with Crippen molar-refractivity contribution in [3.05, 3.63) is 35.9 Å². The quantitative estimate of drug-likeness (QED) is 0.561. The van der Waals surface area contributed by atoms with Gasteiger partial charge in [-0.15, -0.1) is 11.6 Å². The van der Waals surface area contributed by atoms with Crippen LogP contribution in [0.2, 0.25) is 0 Å². The molecule has 0 heterocycles. The zero-order chi connectivity index (χ0) is 13.2. The van der Waals surface area contributed by atoms with Gasteiger partial charge in [0, 0.05) is 12.3 Å². The number of benzene rings is 1. The fourth-order valence-electron chi connectivity index (χ4n) is 1.74. The number of alkyl halides is 1. The molecule has 1 amide bonds. The van der Waals surface area contributed by atoms with Crippen LogP contribution in [0.25, 0.3) is 0 Å². The molecule has 1 rings (SSSR count). The highest BCUT2D eigenvalue weighted by atomic mass is 35.5. The summed E-state index contributed by atoms with van der Waals surface area (Å²) in [6, 6.07) is 9.61. The van der Waals surface area contributed by atoms with Crippen LogP contribution in [0.4, 0.5) is 0 Å². The van der Waals surface area contributed by atoms with Crippen molar-refractivity contribution in [3.63, 3.8) is 0 Å². The van der Waals surface area contributed by atoms with Gasteiger partial charge in [-0.1, -0.05) is 30.3 Å². The number of rotatable bonds is 8. The lowest BCUT2D eigenvalue weighted by molar-refractivity contribution is -0.122. The number of aliphatic hydroxyl groups is 1. The molecule has 0 fully saturated rings. The SMILES string of the molecule is O=C(CCCCCl)N[C@@H](CO)Cc1ccccc1. The first-order valence-electron chi connectivity index (χ1n) is 6.26. The van der Waals surface area contributed by atoms with Crippen molar-refractivity contribution in [3.8, 4) is 0 Å². The molecule has 4 heteroatoms. The van der Waals surface area contributed by atoms with Gasteiger partial charge in [0.2, 0.25) is 5.91 Å². The third-order valence-corrected chi connectivity index (χ3v) is 2.97. The van der Waals surface area contributed by atoms with Crippen LogP contribution in [0.15, 0.2) is 30.3 Å². The predicted octanol–water partition coefficient (Wildman–Crippen LogP) is 2.12. The first kappa shape index (κ1) is 15.0. The molecule has 0 aromatic heterocycles. The van der Waals surface area contributed by atoms with Crippen LogP contribution in [0.3, 0.4) is 0 Å². The lowest BCUT2D eigenvalue weighted by Crippen LogP contribution is -2.38. The highest BCUT2D eigenvalue weighted by Gasteiger charge is 2.11. The molecule has 1 aromatic rings. The third kappa shape index (κ3) is 6.03. The Balaban J connectivity index is 2.35. The molecule has 0 radical (unpaired) electrons. The Morgan fingerprint density at radius 2 is 2.00 bits per heavy atom. The van der Waals surface area contributed by atoms with Gasteiger partial charge in [0.15, 0.2) is 0 Å². The van der Waals surface area contributed by atoms with E-state index >= 15 is 0 Å². The fraction of sp³-hybridized carbons (Fsp3) is 0.500. The molecule has 0 saturated carbocycles. The van der Waals surface area contributed by atoms with Crippen LogP contribution in [0.1, 0.15) is 24.8 Å². The van der Waals surface area contributed by atoms with Gasteiger partial charge in [-0.3, -0.25) is 4.79 Å². The Kier molecular flexibility index (Phi) is 7.46. The highest BCUT2D eigenvalue weighted by molar-refractivity contribution is 6.17. The molecular formula is C14H20ClNO2. The van der Waals surface area contributed by atoms with E-state index in [1.807, 2.05) is 30.3 Å². The third-order valence-electron chi connectivity index (χ3n) is 2.70. The van der Waals surface area contributed by atoms with Gasteiger partial charge >= 0.3 is 0 Å². The summed E-state index contributed by atoms with van der Waals surface area (Å²) in [6.07, 6.45) is 2.76. The smallest absolute Gasteiger partial charge is 0.220 e. The molecular weight excluding hydrogens is 250 g/mol. The monoisotopic (exact) mass is 269 g/mol. The molecule has 2 N–H and O–H groups in total. The van der Waals surface area contributed by atoms with Crippen molar-refractivity contribution in [1.29, 1.82) is 0 Å². The van der Waals surface area contributed by atoms with E-state index in [2.05, 4.69) is 5.32 Å². The first-order valence-corrected chi connectivity index (χ1v) is 6.80. The summed E-state index contributed by atoms with van der Waals surface area (Å²) >= 11 is 5.55. The van der Waals surface area contributed by atoms with Crippen LogP contribution < -0.4 is 5.32 Å². The number of halogens is 1. The normalized spacial score (nSPS) is 12.1. The molecule has 0 saturated heterocycles. The summed E-state index contributed by atoms with van der Waals surface area (Å²) in [4.78, 5) is 11.6. The molecule has 0 aliphatic heterocycles. The average molecular weight is 270 g/mol. The average Bonchev–Trinajstić information content (AvgIpc) is 2.39. The van der Waals surface area contributed by atoms with Crippen molar-refractivity contribution in [2.75, 3.05) is 12.5 Å². The topological polar surface area (TPSA) is 49.3 Å². The minimum absolute atomic E-state index is 0.0184. The zero-order valence-corrected chi connectivity index (χ0v) is 11.2. The van der Waals surface area contributed by atoms with Gasteiger partial charge in [0.25, 0.3) is 0 Å². The van der Waals surface area contributed by atoms with Gasteiger partial charge in [-0.05, 0) is 24.8 Å². The summed E-state index contributed by atoms with van der Waals surface area (Å²) in [6.45, 7) is -0.0455. The van der Waals surface area contributed by atoms with Crippen molar-refractivity contribution in [1.82, 2.24) is 5.32 Å². The molecule has 0 aliphatic rings. The minimum atomic E-state index is -0.212. The molecule has 1 atom stereocenters. The van der Waals surface area contributed by atoms with E-state index in [0.29, 0.717) is 18.7 Å². The minimum Gasteiger partial charge on any atom is -0.394 e. The van der Waals surface area contributed by atoms with Gasteiger partial charge in [-0.25, -0.2) is 0 Å². The van der Waals surface area contributed by atoms with Gasteiger partial charge in [0.1, 0.15) is 0 Å². The number of hydrogen-bond acceptors (Lipinski definition) is 2. The van der Waals surface area contributed by atoms with Crippen LogP contribution in [0, 0.1) is 0 Å². The molecule has 0 spiro atoms. The maximum atomic E-state index is 11.6. The van der Waals surface area contributed by atoms with Gasteiger partial charge < -0.3 is 10.4 Å². The van der Waals surface area contributed by atoms with Crippen LogP contribution in [0.5, 0.6) is 0 Å². The first-order chi connectivity index (χ1) is 8.76. The van der Waals surface area contributed by atoms with Gasteiger partial charge in [0.05, 0.1) is 12.6 Å². The Labute approximate surface area is 113 Å². The van der Waals surface area contributed by atoms with Crippen molar-refractivity contribution in [2.45, 2.75) is 31.7 Å². The Morgan fingerprint density at radius 1 is 1.28 bits per heavy atom. The number of carbonyl (C=O) groups excluding carboxylic acids is 1. The van der Waals surface area contributed by atoms with Gasteiger partial charge in [-0.2, -0.15) is 0 Å². The largest absolute Gasteiger partial charge is 0.394 e. The number of amides is 1. The van der Waals surface area contributed by atoms with E-state index in [-0.39, 0.29) is 18.6 Å². The number of carbonyl (C=O) groups is 1. The lowest BCUT2D eigenvalue weighted by atomic mass is 10.1. The second kappa shape index (κ2) is 8.95. The Hall–Kier alpha value is -1.06. The summed E-state index contributed by atoms with van der Waals surface area (Å²) in [5, 5.41) is 12.1. The second-order valence-electron chi connectivity index (χ2n) is 4.28. The van der Waals surface area contributed by atoms with Crippen LogP contribution >= 0.6 is 11.6 Å². The van der Waals surface area contributed by atoms with E-state index in [4.69, 9.17) is 11.6 Å². The highest BCUT2D eigenvalue weighted by Crippen LogP contribution is 2.04. The van der Waals surface area contributed by atoms with Crippen molar-refractivity contribution in [2.24, 2.45) is 0 Å². The zero-order valence-electron chi connectivity index (χ0n) is 10.4.